The largest absolute Gasteiger partial charge is 0.377 e. The first kappa shape index (κ1) is 23.0. The summed E-state index contributed by atoms with van der Waals surface area (Å²) in [4.78, 5) is 2.60. The SMILES string of the molecule is CCCCCCC(C)(C)C1CCC(N(C)C(C)(C)C(C)(C)OC)CC1. The lowest BCUT2D eigenvalue weighted by Gasteiger charge is -2.52. The lowest BCUT2D eigenvalue weighted by atomic mass is 9.67. The van der Waals surface area contributed by atoms with Crippen molar-refractivity contribution in [2.75, 3.05) is 14.2 Å². The van der Waals surface area contributed by atoms with Gasteiger partial charge in [0, 0.05) is 18.7 Å². The normalized spacial score (nSPS) is 23.3. The van der Waals surface area contributed by atoms with Gasteiger partial charge in [-0.2, -0.15) is 0 Å². The number of unbranched alkanes of at least 4 members (excludes halogenated alkanes) is 3. The monoisotopic (exact) mass is 353 g/mol. The lowest BCUT2D eigenvalue weighted by molar-refractivity contribution is -0.109. The van der Waals surface area contributed by atoms with E-state index in [1.54, 1.807) is 0 Å². The molecule has 0 aliphatic heterocycles. The maximum atomic E-state index is 5.81. The highest BCUT2D eigenvalue weighted by Gasteiger charge is 2.44. The number of methoxy groups -OCH3 is 1. The molecule has 150 valence electrons. The minimum atomic E-state index is -0.142. The Hall–Kier alpha value is -0.0800. The van der Waals surface area contributed by atoms with E-state index in [0.717, 1.165) is 5.92 Å². The average molecular weight is 354 g/mol. The summed E-state index contributed by atoms with van der Waals surface area (Å²) in [5.41, 5.74) is 0.407. The molecular formula is C23H47NO. The summed E-state index contributed by atoms with van der Waals surface area (Å²) in [6, 6.07) is 0.691. The first-order valence-corrected chi connectivity index (χ1v) is 10.8. The molecule has 0 saturated heterocycles. The van der Waals surface area contributed by atoms with Crippen LogP contribution < -0.4 is 0 Å². The Morgan fingerprint density at radius 1 is 0.880 bits per heavy atom. The maximum Gasteiger partial charge on any atom is 0.0800 e. The fraction of sp³-hybridized carbons (Fsp3) is 1.00. The van der Waals surface area contributed by atoms with Gasteiger partial charge in [-0.15, -0.1) is 0 Å². The summed E-state index contributed by atoms with van der Waals surface area (Å²) < 4.78 is 5.81. The van der Waals surface area contributed by atoms with Crippen molar-refractivity contribution in [2.24, 2.45) is 11.3 Å². The second-order valence-corrected chi connectivity index (χ2v) is 10.2. The molecule has 25 heavy (non-hydrogen) atoms. The standard InChI is InChI=1S/C23H47NO/c1-10-11-12-13-18-21(2,3)19-14-16-20(17-15-19)24(8)22(4,5)23(6,7)25-9/h19-20H,10-18H2,1-9H3. The van der Waals surface area contributed by atoms with Crippen molar-refractivity contribution in [1.29, 1.82) is 0 Å². The van der Waals surface area contributed by atoms with Crippen molar-refractivity contribution < 1.29 is 4.74 Å². The molecule has 0 aromatic heterocycles. The first-order chi connectivity index (χ1) is 11.5. The number of ether oxygens (including phenoxy) is 1. The van der Waals surface area contributed by atoms with Gasteiger partial charge in [-0.3, -0.25) is 4.90 Å². The van der Waals surface area contributed by atoms with Crippen LogP contribution in [0, 0.1) is 11.3 Å². The van der Waals surface area contributed by atoms with Gasteiger partial charge in [0.1, 0.15) is 0 Å². The van der Waals surface area contributed by atoms with E-state index in [1.165, 1.54) is 57.8 Å². The highest BCUT2D eigenvalue weighted by Crippen LogP contribution is 2.44. The van der Waals surface area contributed by atoms with Gasteiger partial charge in [-0.1, -0.05) is 46.5 Å². The van der Waals surface area contributed by atoms with Gasteiger partial charge in [-0.25, -0.2) is 0 Å². The molecule has 1 aliphatic carbocycles. The molecule has 0 aromatic rings. The molecule has 1 rings (SSSR count). The number of likely N-dealkylation sites (N-methyl/N-ethyl adjacent to an activating group) is 1. The molecule has 0 atom stereocenters. The lowest BCUT2D eigenvalue weighted by Crippen LogP contribution is -2.60. The van der Waals surface area contributed by atoms with Gasteiger partial charge in [0.15, 0.2) is 0 Å². The fourth-order valence-corrected chi connectivity index (χ4v) is 4.59. The van der Waals surface area contributed by atoms with Crippen LogP contribution >= 0.6 is 0 Å². The number of hydrogen-bond donors (Lipinski definition) is 0. The van der Waals surface area contributed by atoms with Crippen molar-refractivity contribution in [3.8, 4) is 0 Å². The van der Waals surface area contributed by atoms with Crippen LogP contribution in [0.2, 0.25) is 0 Å². The molecule has 0 amide bonds. The van der Waals surface area contributed by atoms with Crippen LogP contribution in [0.15, 0.2) is 0 Å². The van der Waals surface area contributed by atoms with Crippen LogP contribution in [-0.2, 0) is 4.74 Å². The molecule has 2 heteroatoms. The number of hydrogen-bond acceptors (Lipinski definition) is 2. The molecule has 0 N–H and O–H groups in total. The molecule has 1 saturated carbocycles. The van der Waals surface area contributed by atoms with Gasteiger partial charge in [0.2, 0.25) is 0 Å². The smallest absolute Gasteiger partial charge is 0.0800 e. The molecule has 1 aliphatic rings. The summed E-state index contributed by atoms with van der Waals surface area (Å²) in [6.07, 6.45) is 12.4. The van der Waals surface area contributed by atoms with Crippen molar-refractivity contribution in [2.45, 2.75) is 123 Å². The minimum Gasteiger partial charge on any atom is -0.377 e. The highest BCUT2D eigenvalue weighted by atomic mass is 16.5. The van der Waals surface area contributed by atoms with E-state index >= 15 is 0 Å². The molecule has 0 unspecified atom stereocenters. The van der Waals surface area contributed by atoms with Crippen LogP contribution in [0.4, 0.5) is 0 Å². The zero-order valence-corrected chi connectivity index (χ0v) is 18.9. The maximum absolute atomic E-state index is 5.81. The zero-order valence-electron chi connectivity index (χ0n) is 18.9. The number of nitrogens with zero attached hydrogens (tertiary/aromatic N) is 1. The predicted octanol–water partition coefficient (Wildman–Crippen LogP) is 6.68. The van der Waals surface area contributed by atoms with E-state index in [9.17, 15) is 0 Å². The second-order valence-electron chi connectivity index (χ2n) is 10.2. The molecule has 0 heterocycles. The van der Waals surface area contributed by atoms with Crippen molar-refractivity contribution in [3.05, 3.63) is 0 Å². The molecule has 2 nitrogen and oxygen atoms in total. The van der Waals surface area contributed by atoms with E-state index in [-0.39, 0.29) is 11.1 Å². The van der Waals surface area contributed by atoms with E-state index in [0.29, 0.717) is 11.5 Å². The van der Waals surface area contributed by atoms with E-state index in [4.69, 9.17) is 4.74 Å². The van der Waals surface area contributed by atoms with Crippen LogP contribution in [0.3, 0.4) is 0 Å². The van der Waals surface area contributed by atoms with E-state index in [2.05, 4.69) is 60.4 Å². The van der Waals surface area contributed by atoms with Gasteiger partial charge < -0.3 is 4.74 Å². The quantitative estimate of drug-likeness (QED) is 0.406. The third-order valence-electron chi connectivity index (χ3n) is 7.89. The minimum absolute atomic E-state index is 0.0366. The number of rotatable bonds is 10. The summed E-state index contributed by atoms with van der Waals surface area (Å²) in [6.45, 7) is 16.4. The predicted molar refractivity (Wildman–Crippen MR) is 111 cm³/mol. The Kier molecular flexibility index (Phi) is 8.47. The summed E-state index contributed by atoms with van der Waals surface area (Å²) in [5.74, 6) is 0.900. The second kappa shape index (κ2) is 9.22. The van der Waals surface area contributed by atoms with E-state index < -0.39 is 0 Å². The Balaban J connectivity index is 2.57. The van der Waals surface area contributed by atoms with Crippen LogP contribution in [0.25, 0.3) is 0 Å². The van der Waals surface area contributed by atoms with Crippen molar-refractivity contribution in [3.63, 3.8) is 0 Å². The molecule has 0 radical (unpaired) electrons. The Labute approximate surface area is 159 Å². The fourth-order valence-electron chi connectivity index (χ4n) is 4.59. The Bertz CT molecular complexity index is 378. The van der Waals surface area contributed by atoms with Gasteiger partial charge in [0.25, 0.3) is 0 Å². The molecular weight excluding hydrogens is 306 g/mol. The molecule has 0 bridgehead atoms. The first-order valence-electron chi connectivity index (χ1n) is 10.8. The molecule has 1 fully saturated rings. The van der Waals surface area contributed by atoms with Crippen LogP contribution in [0.1, 0.15) is 106 Å². The van der Waals surface area contributed by atoms with E-state index in [1.807, 2.05) is 7.11 Å². The zero-order chi connectivity index (χ0) is 19.3. The van der Waals surface area contributed by atoms with Crippen LogP contribution in [0.5, 0.6) is 0 Å². The summed E-state index contributed by atoms with van der Waals surface area (Å²) >= 11 is 0. The van der Waals surface area contributed by atoms with Gasteiger partial charge in [-0.05, 0) is 78.2 Å². The molecule has 0 spiro atoms. The third-order valence-corrected chi connectivity index (χ3v) is 7.89. The van der Waals surface area contributed by atoms with Crippen LogP contribution in [-0.4, -0.2) is 36.2 Å². The van der Waals surface area contributed by atoms with Gasteiger partial charge >= 0.3 is 0 Å². The summed E-state index contributed by atoms with van der Waals surface area (Å²) in [7, 11) is 4.15. The average Bonchev–Trinajstić information content (AvgIpc) is 2.58. The Morgan fingerprint density at radius 3 is 1.92 bits per heavy atom. The van der Waals surface area contributed by atoms with Crippen molar-refractivity contribution >= 4 is 0 Å². The van der Waals surface area contributed by atoms with Crippen molar-refractivity contribution in [1.82, 2.24) is 4.90 Å². The Morgan fingerprint density at radius 2 is 1.44 bits per heavy atom. The third kappa shape index (κ3) is 5.70. The van der Waals surface area contributed by atoms with Gasteiger partial charge in [0.05, 0.1) is 5.60 Å². The molecule has 0 aromatic carbocycles. The topological polar surface area (TPSA) is 12.5 Å². The summed E-state index contributed by atoms with van der Waals surface area (Å²) in [5, 5.41) is 0. The highest BCUT2D eigenvalue weighted by molar-refractivity contribution is 4.99.